The fraction of sp³-hybridized carbons (Fsp3) is 0.647. The molecule has 0 aromatic heterocycles. The Bertz CT molecular complexity index is 371. The van der Waals surface area contributed by atoms with Gasteiger partial charge in [-0.1, -0.05) is 32.9 Å². The van der Waals surface area contributed by atoms with Crippen LogP contribution in [0.1, 0.15) is 39.2 Å². The summed E-state index contributed by atoms with van der Waals surface area (Å²) in [5, 5.41) is 3.68. The minimum absolute atomic E-state index is 0.681. The third kappa shape index (κ3) is 3.97. The zero-order valence-electron chi connectivity index (χ0n) is 12.7. The van der Waals surface area contributed by atoms with Crippen molar-refractivity contribution in [3.63, 3.8) is 0 Å². The van der Waals surface area contributed by atoms with Crippen LogP contribution >= 0.6 is 0 Å². The minimum atomic E-state index is 0.681. The van der Waals surface area contributed by atoms with Gasteiger partial charge in [-0.3, -0.25) is 0 Å². The summed E-state index contributed by atoms with van der Waals surface area (Å²) in [6.45, 7) is 10.3. The molecule has 0 bridgehead atoms. The highest BCUT2D eigenvalue weighted by Crippen LogP contribution is 2.19. The molecule has 2 rings (SSSR count). The van der Waals surface area contributed by atoms with E-state index in [1.54, 1.807) is 0 Å². The molecular formula is C17H28N2. The molecule has 1 N–H and O–H groups in total. The molecule has 2 nitrogen and oxygen atoms in total. The highest BCUT2D eigenvalue weighted by molar-refractivity contribution is 5.47. The van der Waals surface area contributed by atoms with Crippen molar-refractivity contribution in [1.82, 2.24) is 5.32 Å². The number of benzene rings is 1. The SMILES string of the molecule is CCc1ccc(N2CCC(CC)NCC(C)C2)cc1. The van der Waals surface area contributed by atoms with Crippen LogP contribution < -0.4 is 10.2 Å². The van der Waals surface area contributed by atoms with Crippen molar-refractivity contribution in [3.8, 4) is 0 Å². The van der Waals surface area contributed by atoms with Gasteiger partial charge in [0.05, 0.1) is 0 Å². The Morgan fingerprint density at radius 3 is 2.58 bits per heavy atom. The Hall–Kier alpha value is -1.02. The number of nitrogens with one attached hydrogen (secondary N) is 1. The average Bonchev–Trinajstić information content (AvgIpc) is 2.43. The second-order valence-electron chi connectivity index (χ2n) is 5.87. The van der Waals surface area contributed by atoms with Crippen molar-refractivity contribution in [2.75, 3.05) is 24.5 Å². The van der Waals surface area contributed by atoms with Crippen molar-refractivity contribution in [1.29, 1.82) is 0 Å². The number of rotatable bonds is 3. The van der Waals surface area contributed by atoms with E-state index in [0.29, 0.717) is 12.0 Å². The van der Waals surface area contributed by atoms with E-state index >= 15 is 0 Å². The second-order valence-corrected chi connectivity index (χ2v) is 5.87. The van der Waals surface area contributed by atoms with Gasteiger partial charge >= 0.3 is 0 Å². The molecule has 1 saturated heterocycles. The lowest BCUT2D eigenvalue weighted by atomic mass is 10.0. The van der Waals surface area contributed by atoms with Crippen LogP contribution in [0.3, 0.4) is 0 Å². The number of hydrogen-bond donors (Lipinski definition) is 1. The van der Waals surface area contributed by atoms with Crippen molar-refractivity contribution < 1.29 is 0 Å². The molecule has 0 radical (unpaired) electrons. The number of anilines is 1. The molecule has 2 heteroatoms. The fourth-order valence-electron chi connectivity index (χ4n) is 2.84. The van der Waals surface area contributed by atoms with Gasteiger partial charge in [0.15, 0.2) is 0 Å². The molecule has 1 aromatic rings. The molecule has 1 aliphatic heterocycles. The Morgan fingerprint density at radius 2 is 1.95 bits per heavy atom. The van der Waals surface area contributed by atoms with Crippen LogP contribution in [0.2, 0.25) is 0 Å². The van der Waals surface area contributed by atoms with Crippen LogP contribution in [0.25, 0.3) is 0 Å². The maximum absolute atomic E-state index is 3.68. The Balaban J connectivity index is 2.07. The Labute approximate surface area is 118 Å². The van der Waals surface area contributed by atoms with Gasteiger partial charge in [0.1, 0.15) is 0 Å². The predicted octanol–water partition coefficient (Wildman–Crippen LogP) is 3.46. The van der Waals surface area contributed by atoms with Gasteiger partial charge in [-0.25, -0.2) is 0 Å². The number of nitrogens with zero attached hydrogens (tertiary/aromatic N) is 1. The van der Waals surface area contributed by atoms with Crippen LogP contribution in [0.5, 0.6) is 0 Å². The van der Waals surface area contributed by atoms with E-state index in [1.807, 2.05) is 0 Å². The van der Waals surface area contributed by atoms with Crippen LogP contribution in [0.15, 0.2) is 24.3 Å². The van der Waals surface area contributed by atoms with Crippen LogP contribution in [0.4, 0.5) is 5.69 Å². The lowest BCUT2D eigenvalue weighted by Gasteiger charge is -2.33. The molecule has 0 amide bonds. The molecule has 0 saturated carbocycles. The first-order valence-electron chi connectivity index (χ1n) is 7.80. The van der Waals surface area contributed by atoms with Crippen LogP contribution in [-0.4, -0.2) is 25.7 Å². The number of hydrogen-bond acceptors (Lipinski definition) is 2. The largest absolute Gasteiger partial charge is 0.371 e. The lowest BCUT2D eigenvalue weighted by Crippen LogP contribution is -2.43. The first kappa shape index (κ1) is 14.4. The van der Waals surface area contributed by atoms with Gasteiger partial charge in [-0.05, 0) is 49.4 Å². The summed E-state index contributed by atoms with van der Waals surface area (Å²) in [6.07, 6.45) is 3.60. The standard InChI is InChI=1S/C17H28N2/c1-4-15-6-8-17(9-7-15)19-11-10-16(5-2)18-12-14(3)13-19/h6-9,14,16,18H,4-5,10-13H2,1-3H3. The summed E-state index contributed by atoms with van der Waals surface area (Å²) < 4.78 is 0. The molecule has 19 heavy (non-hydrogen) atoms. The van der Waals surface area contributed by atoms with Crippen molar-refractivity contribution in [3.05, 3.63) is 29.8 Å². The highest BCUT2D eigenvalue weighted by Gasteiger charge is 2.17. The van der Waals surface area contributed by atoms with Crippen LogP contribution in [0, 0.1) is 5.92 Å². The fourth-order valence-corrected chi connectivity index (χ4v) is 2.84. The van der Waals surface area contributed by atoms with E-state index in [4.69, 9.17) is 0 Å². The van der Waals surface area contributed by atoms with Gasteiger partial charge in [0.25, 0.3) is 0 Å². The summed E-state index contributed by atoms with van der Waals surface area (Å²) in [4.78, 5) is 2.56. The van der Waals surface area contributed by atoms with Crippen molar-refractivity contribution >= 4 is 5.69 Å². The van der Waals surface area contributed by atoms with Crippen molar-refractivity contribution in [2.24, 2.45) is 5.92 Å². The lowest BCUT2D eigenvalue weighted by molar-refractivity contribution is 0.388. The topological polar surface area (TPSA) is 15.3 Å². The monoisotopic (exact) mass is 260 g/mol. The zero-order chi connectivity index (χ0) is 13.7. The Kier molecular flexibility index (Phi) is 5.26. The quantitative estimate of drug-likeness (QED) is 0.895. The van der Waals surface area contributed by atoms with Gasteiger partial charge in [0.2, 0.25) is 0 Å². The Morgan fingerprint density at radius 1 is 1.21 bits per heavy atom. The molecule has 1 aliphatic rings. The normalized spacial score (nSPS) is 24.9. The highest BCUT2D eigenvalue weighted by atomic mass is 15.1. The molecule has 0 aliphatic carbocycles. The molecule has 106 valence electrons. The summed E-state index contributed by atoms with van der Waals surface area (Å²) >= 11 is 0. The summed E-state index contributed by atoms with van der Waals surface area (Å²) in [5.41, 5.74) is 2.82. The van der Waals surface area contributed by atoms with E-state index in [1.165, 1.54) is 30.6 Å². The summed E-state index contributed by atoms with van der Waals surface area (Å²) in [7, 11) is 0. The summed E-state index contributed by atoms with van der Waals surface area (Å²) in [5.74, 6) is 0.709. The number of aryl methyl sites for hydroxylation is 1. The van der Waals surface area contributed by atoms with Gasteiger partial charge in [-0.15, -0.1) is 0 Å². The zero-order valence-corrected chi connectivity index (χ0v) is 12.7. The minimum Gasteiger partial charge on any atom is -0.371 e. The van der Waals surface area contributed by atoms with Crippen LogP contribution in [-0.2, 0) is 6.42 Å². The second kappa shape index (κ2) is 6.95. The first-order valence-corrected chi connectivity index (χ1v) is 7.80. The third-order valence-electron chi connectivity index (χ3n) is 4.24. The molecule has 1 fully saturated rings. The van der Waals surface area contributed by atoms with Gasteiger partial charge < -0.3 is 10.2 Å². The average molecular weight is 260 g/mol. The van der Waals surface area contributed by atoms with Gasteiger partial charge in [-0.2, -0.15) is 0 Å². The predicted molar refractivity (Wildman–Crippen MR) is 83.9 cm³/mol. The van der Waals surface area contributed by atoms with E-state index in [9.17, 15) is 0 Å². The maximum atomic E-state index is 3.68. The summed E-state index contributed by atoms with van der Waals surface area (Å²) in [6, 6.07) is 9.81. The molecule has 1 heterocycles. The smallest absolute Gasteiger partial charge is 0.0366 e. The van der Waals surface area contributed by atoms with E-state index < -0.39 is 0 Å². The third-order valence-corrected chi connectivity index (χ3v) is 4.24. The van der Waals surface area contributed by atoms with E-state index in [2.05, 4.69) is 55.3 Å². The van der Waals surface area contributed by atoms with Crippen molar-refractivity contribution in [2.45, 2.75) is 46.1 Å². The van der Waals surface area contributed by atoms with E-state index in [0.717, 1.165) is 19.5 Å². The molecular weight excluding hydrogens is 232 g/mol. The maximum Gasteiger partial charge on any atom is 0.0366 e. The van der Waals surface area contributed by atoms with E-state index in [-0.39, 0.29) is 0 Å². The van der Waals surface area contributed by atoms with Gasteiger partial charge in [0, 0.05) is 24.8 Å². The molecule has 1 aromatic carbocycles. The molecule has 2 atom stereocenters. The first-order chi connectivity index (χ1) is 9.22. The molecule has 2 unspecified atom stereocenters. The molecule has 0 spiro atoms.